The first-order chi connectivity index (χ1) is 8.17. The summed E-state index contributed by atoms with van der Waals surface area (Å²) in [5.41, 5.74) is 8.14. The fourth-order valence-corrected chi connectivity index (χ4v) is 5.19. The lowest BCUT2D eigenvalue weighted by Crippen LogP contribution is -2.56. The van der Waals surface area contributed by atoms with Crippen molar-refractivity contribution in [1.82, 2.24) is 0 Å². The molecule has 2 aliphatic rings. The van der Waals surface area contributed by atoms with Crippen LogP contribution in [0, 0.1) is 12.3 Å². The third kappa shape index (κ3) is 1.92. The van der Waals surface area contributed by atoms with Crippen LogP contribution < -0.4 is 5.73 Å². The van der Waals surface area contributed by atoms with E-state index < -0.39 is 0 Å². The monoisotopic (exact) mass is 247 g/mol. The highest BCUT2D eigenvalue weighted by Crippen LogP contribution is 2.65. The number of thioether (sulfide) groups is 1. The van der Waals surface area contributed by atoms with Crippen LogP contribution in [-0.4, -0.2) is 11.3 Å². The summed E-state index contributed by atoms with van der Waals surface area (Å²) in [4.78, 5) is 1.42. The minimum atomic E-state index is 0.340. The SMILES string of the molecule is Cc1ccccc1SC1(CN)CC2(CCC2)C1. The van der Waals surface area contributed by atoms with Crippen molar-refractivity contribution in [2.45, 2.75) is 48.7 Å². The summed E-state index contributed by atoms with van der Waals surface area (Å²) in [6.45, 7) is 3.03. The van der Waals surface area contributed by atoms with Crippen LogP contribution in [-0.2, 0) is 0 Å². The molecule has 0 radical (unpaired) electrons. The maximum absolute atomic E-state index is 6.05. The minimum absolute atomic E-state index is 0.340. The molecule has 0 amide bonds. The van der Waals surface area contributed by atoms with Crippen molar-refractivity contribution >= 4 is 11.8 Å². The van der Waals surface area contributed by atoms with Crippen LogP contribution in [0.1, 0.15) is 37.7 Å². The standard InChI is InChI=1S/C15H21NS/c1-12-5-2-3-6-13(12)17-15(11-16)9-14(10-15)7-4-8-14/h2-3,5-6H,4,7-11,16H2,1H3. The largest absolute Gasteiger partial charge is 0.329 e. The third-order valence-corrected chi connectivity index (χ3v) is 6.17. The number of hydrogen-bond donors (Lipinski definition) is 1. The fraction of sp³-hybridized carbons (Fsp3) is 0.600. The van der Waals surface area contributed by atoms with E-state index in [4.69, 9.17) is 5.73 Å². The Morgan fingerprint density at radius 1 is 1.24 bits per heavy atom. The number of aryl methyl sites for hydroxylation is 1. The topological polar surface area (TPSA) is 26.0 Å². The quantitative estimate of drug-likeness (QED) is 0.880. The molecule has 2 aliphatic carbocycles. The van der Waals surface area contributed by atoms with E-state index in [0.29, 0.717) is 10.2 Å². The molecule has 1 spiro atoms. The predicted octanol–water partition coefficient (Wildman–Crippen LogP) is 3.75. The van der Waals surface area contributed by atoms with Crippen LogP contribution in [0.5, 0.6) is 0 Å². The summed E-state index contributed by atoms with van der Waals surface area (Å²) in [5.74, 6) is 0. The second kappa shape index (κ2) is 4.03. The lowest BCUT2D eigenvalue weighted by Gasteiger charge is -2.60. The predicted molar refractivity (Wildman–Crippen MR) is 74.3 cm³/mol. The second-order valence-corrected chi connectivity index (χ2v) is 7.47. The number of nitrogens with two attached hydrogens (primary N) is 1. The van der Waals surface area contributed by atoms with Gasteiger partial charge in [-0.1, -0.05) is 24.6 Å². The Bertz CT molecular complexity index is 415. The van der Waals surface area contributed by atoms with Crippen molar-refractivity contribution in [2.75, 3.05) is 6.54 Å². The summed E-state index contributed by atoms with van der Waals surface area (Å²) in [7, 11) is 0. The van der Waals surface area contributed by atoms with E-state index in [2.05, 4.69) is 31.2 Å². The van der Waals surface area contributed by atoms with Gasteiger partial charge in [-0.05, 0) is 49.7 Å². The van der Waals surface area contributed by atoms with Gasteiger partial charge in [-0.2, -0.15) is 0 Å². The highest BCUT2D eigenvalue weighted by atomic mass is 32.2. The summed E-state index contributed by atoms with van der Waals surface area (Å²) in [5, 5.41) is 0. The average molecular weight is 247 g/mol. The molecule has 0 atom stereocenters. The molecule has 3 rings (SSSR count). The maximum atomic E-state index is 6.05. The van der Waals surface area contributed by atoms with Crippen LogP contribution in [0.15, 0.2) is 29.2 Å². The molecule has 0 bridgehead atoms. The summed E-state index contributed by atoms with van der Waals surface area (Å²) in [6.07, 6.45) is 7.02. The molecule has 0 saturated heterocycles. The lowest BCUT2D eigenvalue weighted by atomic mass is 9.51. The molecule has 1 nitrogen and oxygen atoms in total. The molecule has 1 aromatic rings. The molecule has 2 fully saturated rings. The molecular formula is C15H21NS. The van der Waals surface area contributed by atoms with E-state index in [1.807, 2.05) is 11.8 Å². The molecule has 92 valence electrons. The van der Waals surface area contributed by atoms with E-state index >= 15 is 0 Å². The van der Waals surface area contributed by atoms with Gasteiger partial charge in [0, 0.05) is 16.2 Å². The Morgan fingerprint density at radius 2 is 1.94 bits per heavy atom. The zero-order valence-electron chi connectivity index (χ0n) is 10.5. The Kier molecular flexibility index (Phi) is 2.75. The average Bonchev–Trinajstić information content (AvgIpc) is 2.23. The van der Waals surface area contributed by atoms with Crippen molar-refractivity contribution in [3.63, 3.8) is 0 Å². The van der Waals surface area contributed by atoms with Crippen molar-refractivity contribution in [2.24, 2.45) is 11.1 Å². The van der Waals surface area contributed by atoms with Gasteiger partial charge in [-0.25, -0.2) is 0 Å². The highest BCUT2D eigenvalue weighted by molar-refractivity contribution is 8.00. The molecule has 1 aromatic carbocycles. The van der Waals surface area contributed by atoms with E-state index in [0.717, 1.165) is 6.54 Å². The first-order valence-corrected chi connectivity index (χ1v) is 7.44. The van der Waals surface area contributed by atoms with Crippen molar-refractivity contribution in [1.29, 1.82) is 0 Å². The van der Waals surface area contributed by atoms with Gasteiger partial charge in [0.05, 0.1) is 0 Å². The summed E-state index contributed by atoms with van der Waals surface area (Å²) < 4.78 is 0.340. The van der Waals surface area contributed by atoms with Gasteiger partial charge >= 0.3 is 0 Å². The summed E-state index contributed by atoms with van der Waals surface area (Å²) >= 11 is 2.03. The van der Waals surface area contributed by atoms with Crippen LogP contribution in [0.3, 0.4) is 0 Å². The second-order valence-electron chi connectivity index (χ2n) is 5.96. The van der Waals surface area contributed by atoms with E-state index in [1.165, 1.54) is 42.6 Å². The zero-order valence-corrected chi connectivity index (χ0v) is 11.4. The molecule has 2 heteroatoms. The van der Waals surface area contributed by atoms with Crippen LogP contribution in [0.2, 0.25) is 0 Å². The molecular weight excluding hydrogens is 226 g/mol. The van der Waals surface area contributed by atoms with Crippen LogP contribution in [0.25, 0.3) is 0 Å². The van der Waals surface area contributed by atoms with E-state index in [9.17, 15) is 0 Å². The van der Waals surface area contributed by atoms with Gasteiger partial charge in [-0.3, -0.25) is 0 Å². The molecule has 0 aliphatic heterocycles. The minimum Gasteiger partial charge on any atom is -0.329 e. The lowest BCUT2D eigenvalue weighted by molar-refractivity contribution is -0.00140. The molecule has 17 heavy (non-hydrogen) atoms. The van der Waals surface area contributed by atoms with Gasteiger partial charge < -0.3 is 5.73 Å². The third-order valence-electron chi connectivity index (χ3n) is 4.60. The smallest absolute Gasteiger partial charge is 0.0340 e. The van der Waals surface area contributed by atoms with E-state index in [1.54, 1.807) is 0 Å². The molecule has 2 N–H and O–H groups in total. The first kappa shape index (κ1) is 11.6. The Balaban J connectivity index is 1.73. The summed E-state index contributed by atoms with van der Waals surface area (Å²) in [6, 6.07) is 8.69. The Labute approximate surface area is 108 Å². The van der Waals surface area contributed by atoms with Crippen LogP contribution >= 0.6 is 11.8 Å². The number of rotatable bonds is 3. The van der Waals surface area contributed by atoms with Gasteiger partial charge in [0.1, 0.15) is 0 Å². The van der Waals surface area contributed by atoms with Gasteiger partial charge in [-0.15, -0.1) is 11.8 Å². The number of hydrogen-bond acceptors (Lipinski definition) is 2. The molecule has 0 unspecified atom stereocenters. The maximum Gasteiger partial charge on any atom is 0.0340 e. The van der Waals surface area contributed by atoms with Gasteiger partial charge in [0.15, 0.2) is 0 Å². The first-order valence-electron chi connectivity index (χ1n) is 6.62. The van der Waals surface area contributed by atoms with Crippen molar-refractivity contribution in [3.8, 4) is 0 Å². The van der Waals surface area contributed by atoms with Gasteiger partial charge in [0.2, 0.25) is 0 Å². The van der Waals surface area contributed by atoms with Crippen molar-refractivity contribution in [3.05, 3.63) is 29.8 Å². The normalized spacial score (nSPS) is 24.1. The van der Waals surface area contributed by atoms with Gasteiger partial charge in [0.25, 0.3) is 0 Å². The Morgan fingerprint density at radius 3 is 2.47 bits per heavy atom. The van der Waals surface area contributed by atoms with Crippen LogP contribution in [0.4, 0.5) is 0 Å². The number of benzene rings is 1. The van der Waals surface area contributed by atoms with Crippen molar-refractivity contribution < 1.29 is 0 Å². The zero-order chi connectivity index (χ0) is 11.9. The highest BCUT2D eigenvalue weighted by Gasteiger charge is 2.56. The molecule has 0 aromatic heterocycles. The molecule has 2 saturated carbocycles. The molecule has 0 heterocycles. The van der Waals surface area contributed by atoms with E-state index in [-0.39, 0.29) is 0 Å². The fourth-order valence-electron chi connectivity index (χ4n) is 3.51. The Hall–Kier alpha value is -0.470.